The van der Waals surface area contributed by atoms with Crippen LogP contribution in [0.5, 0.6) is 0 Å². The molecule has 0 saturated heterocycles. The molecule has 0 atom stereocenters. The van der Waals surface area contributed by atoms with Gasteiger partial charge in [0.15, 0.2) is 0 Å². The molecule has 3 rings (SSSR count). The summed E-state index contributed by atoms with van der Waals surface area (Å²) in [5, 5.41) is -0.0410. The van der Waals surface area contributed by atoms with Crippen LogP contribution in [0.4, 0.5) is 11.4 Å². The van der Waals surface area contributed by atoms with Crippen LogP contribution in [0.2, 0.25) is 0 Å². The highest BCUT2D eigenvalue weighted by Crippen LogP contribution is 2.33. The summed E-state index contributed by atoms with van der Waals surface area (Å²) in [6.07, 6.45) is 3.22. The molecule has 0 aromatic heterocycles. The second-order valence-corrected chi connectivity index (χ2v) is 6.84. The number of hydrogen-bond acceptors (Lipinski definition) is 3. The number of amides is 2. The summed E-state index contributed by atoms with van der Waals surface area (Å²) in [5.41, 5.74) is 2.79. The van der Waals surface area contributed by atoms with Gasteiger partial charge in [-0.2, -0.15) is 0 Å². The van der Waals surface area contributed by atoms with Gasteiger partial charge in [0.05, 0.1) is 5.69 Å². The lowest BCUT2D eigenvalue weighted by Crippen LogP contribution is -2.35. The lowest BCUT2D eigenvalue weighted by atomic mass is 10.1. The first kappa shape index (κ1) is 19.2. The van der Waals surface area contributed by atoms with Gasteiger partial charge in [-0.3, -0.25) is 9.59 Å². The molecule has 0 fully saturated rings. The van der Waals surface area contributed by atoms with E-state index in [4.69, 9.17) is 11.6 Å². The molecular weight excluding hydrogens is 360 g/mol. The van der Waals surface area contributed by atoms with E-state index in [0.29, 0.717) is 12.2 Å². The molecule has 1 aliphatic heterocycles. The van der Waals surface area contributed by atoms with Crippen molar-refractivity contribution in [1.82, 2.24) is 0 Å². The molecule has 0 aliphatic carbocycles. The Morgan fingerprint density at radius 3 is 2.19 bits per heavy atom. The zero-order chi connectivity index (χ0) is 19.4. The van der Waals surface area contributed by atoms with Gasteiger partial charge >= 0.3 is 0 Å². The SMILES string of the molecule is CCCCc1ccc(N2C(=O)C(Cl)=C(N(CC)c3ccccc3)C2=O)cc1. The smallest absolute Gasteiger partial charge is 0.283 e. The molecule has 2 amide bonds. The molecule has 1 aliphatic rings. The number of hydrogen-bond donors (Lipinski definition) is 0. The van der Waals surface area contributed by atoms with Crippen LogP contribution < -0.4 is 9.80 Å². The first-order chi connectivity index (χ1) is 13.1. The van der Waals surface area contributed by atoms with Gasteiger partial charge in [-0.1, -0.05) is 55.3 Å². The number of halogens is 1. The topological polar surface area (TPSA) is 40.6 Å². The Kier molecular flexibility index (Phi) is 5.97. The van der Waals surface area contributed by atoms with E-state index in [2.05, 4.69) is 6.92 Å². The fourth-order valence-electron chi connectivity index (χ4n) is 3.23. The second kappa shape index (κ2) is 8.40. The number of benzene rings is 2. The molecule has 0 radical (unpaired) electrons. The predicted octanol–water partition coefficient (Wildman–Crippen LogP) is 4.88. The maximum atomic E-state index is 13.1. The van der Waals surface area contributed by atoms with Gasteiger partial charge < -0.3 is 4.90 Å². The number of rotatable bonds is 7. The van der Waals surface area contributed by atoms with E-state index in [-0.39, 0.29) is 10.7 Å². The standard InChI is InChI=1S/C22H23ClN2O2/c1-3-5-9-16-12-14-18(15-13-16)25-21(26)19(23)20(22(25)27)24(4-2)17-10-7-6-8-11-17/h6-8,10-15H,3-5,9H2,1-2H3. The molecule has 0 spiro atoms. The maximum Gasteiger partial charge on any atom is 0.283 e. The molecule has 0 saturated carbocycles. The molecule has 4 nitrogen and oxygen atoms in total. The van der Waals surface area contributed by atoms with Gasteiger partial charge in [0.25, 0.3) is 11.8 Å². The van der Waals surface area contributed by atoms with E-state index in [1.807, 2.05) is 61.5 Å². The van der Waals surface area contributed by atoms with E-state index in [0.717, 1.165) is 29.8 Å². The normalized spacial score (nSPS) is 14.3. The number of nitrogens with zero attached hydrogens (tertiary/aromatic N) is 2. The van der Waals surface area contributed by atoms with Crippen molar-refractivity contribution in [1.29, 1.82) is 0 Å². The summed E-state index contributed by atoms with van der Waals surface area (Å²) in [6, 6.07) is 17.0. The van der Waals surface area contributed by atoms with Crippen LogP contribution >= 0.6 is 11.6 Å². The van der Waals surface area contributed by atoms with Gasteiger partial charge in [-0.15, -0.1) is 0 Å². The van der Waals surface area contributed by atoms with Crippen LogP contribution in [0.1, 0.15) is 32.3 Å². The molecule has 2 aromatic carbocycles. The number of para-hydroxylation sites is 1. The Morgan fingerprint density at radius 2 is 1.59 bits per heavy atom. The van der Waals surface area contributed by atoms with Crippen molar-refractivity contribution in [2.24, 2.45) is 0 Å². The van der Waals surface area contributed by atoms with Gasteiger partial charge in [0, 0.05) is 12.2 Å². The first-order valence-corrected chi connectivity index (χ1v) is 9.66. The minimum Gasteiger partial charge on any atom is -0.336 e. The van der Waals surface area contributed by atoms with Crippen LogP contribution in [0, 0.1) is 0 Å². The Hall–Kier alpha value is -2.59. The molecule has 0 N–H and O–H groups in total. The third-order valence-electron chi connectivity index (χ3n) is 4.67. The largest absolute Gasteiger partial charge is 0.336 e. The molecule has 2 aromatic rings. The number of carbonyl (C=O) groups excluding carboxylic acids is 2. The van der Waals surface area contributed by atoms with Crippen molar-refractivity contribution in [2.75, 3.05) is 16.3 Å². The number of imide groups is 1. The quantitative estimate of drug-likeness (QED) is 0.641. The molecule has 27 heavy (non-hydrogen) atoms. The summed E-state index contributed by atoms with van der Waals surface area (Å²) in [7, 11) is 0. The summed E-state index contributed by atoms with van der Waals surface area (Å²) in [5.74, 6) is -0.871. The van der Waals surface area contributed by atoms with Crippen LogP contribution in [0.15, 0.2) is 65.3 Å². The van der Waals surface area contributed by atoms with Crippen LogP contribution in [-0.4, -0.2) is 18.4 Å². The number of carbonyl (C=O) groups is 2. The highest BCUT2D eigenvalue weighted by atomic mass is 35.5. The Morgan fingerprint density at radius 1 is 0.926 bits per heavy atom. The number of aryl methyl sites for hydroxylation is 1. The lowest BCUT2D eigenvalue weighted by Gasteiger charge is -2.24. The fourth-order valence-corrected chi connectivity index (χ4v) is 3.50. The van der Waals surface area contributed by atoms with Crippen molar-refractivity contribution >= 4 is 34.8 Å². The molecule has 5 heteroatoms. The van der Waals surface area contributed by atoms with Crippen molar-refractivity contribution < 1.29 is 9.59 Å². The molecule has 140 valence electrons. The van der Waals surface area contributed by atoms with E-state index >= 15 is 0 Å². The summed E-state index contributed by atoms with van der Waals surface area (Å²) in [4.78, 5) is 28.7. The maximum absolute atomic E-state index is 13.1. The minimum absolute atomic E-state index is 0.0410. The van der Waals surface area contributed by atoms with E-state index in [9.17, 15) is 9.59 Å². The van der Waals surface area contributed by atoms with Crippen molar-refractivity contribution in [3.8, 4) is 0 Å². The number of unbranched alkanes of at least 4 members (excludes halogenated alkanes) is 1. The Labute approximate surface area is 165 Å². The zero-order valence-electron chi connectivity index (χ0n) is 15.6. The third-order valence-corrected chi connectivity index (χ3v) is 5.01. The monoisotopic (exact) mass is 382 g/mol. The lowest BCUT2D eigenvalue weighted by molar-refractivity contribution is -0.120. The van der Waals surface area contributed by atoms with Crippen LogP contribution in [-0.2, 0) is 16.0 Å². The summed E-state index contributed by atoms with van der Waals surface area (Å²) in [6.45, 7) is 4.60. The van der Waals surface area contributed by atoms with Crippen molar-refractivity contribution in [2.45, 2.75) is 33.1 Å². The fraction of sp³-hybridized carbons (Fsp3) is 0.273. The van der Waals surface area contributed by atoms with Gasteiger partial charge in [-0.05, 0) is 49.6 Å². The Balaban J connectivity index is 1.89. The van der Waals surface area contributed by atoms with E-state index in [1.165, 1.54) is 5.56 Å². The summed E-state index contributed by atoms with van der Waals surface area (Å²) >= 11 is 6.32. The third kappa shape index (κ3) is 3.76. The van der Waals surface area contributed by atoms with Crippen LogP contribution in [0.25, 0.3) is 0 Å². The first-order valence-electron chi connectivity index (χ1n) is 9.28. The van der Waals surface area contributed by atoms with E-state index in [1.54, 1.807) is 4.90 Å². The molecule has 1 heterocycles. The molecule has 0 bridgehead atoms. The van der Waals surface area contributed by atoms with Gasteiger partial charge in [-0.25, -0.2) is 4.90 Å². The highest BCUT2D eigenvalue weighted by Gasteiger charge is 2.41. The van der Waals surface area contributed by atoms with Gasteiger partial charge in [0.2, 0.25) is 0 Å². The van der Waals surface area contributed by atoms with E-state index < -0.39 is 11.8 Å². The Bertz CT molecular complexity index is 860. The predicted molar refractivity (Wildman–Crippen MR) is 110 cm³/mol. The minimum atomic E-state index is -0.479. The highest BCUT2D eigenvalue weighted by molar-refractivity contribution is 6.53. The van der Waals surface area contributed by atoms with Gasteiger partial charge in [0.1, 0.15) is 10.7 Å². The zero-order valence-corrected chi connectivity index (χ0v) is 16.4. The average molecular weight is 383 g/mol. The average Bonchev–Trinajstić information content (AvgIpc) is 2.92. The summed E-state index contributed by atoms with van der Waals surface area (Å²) < 4.78 is 0. The molecular formula is C22H23ClN2O2. The van der Waals surface area contributed by atoms with Crippen molar-refractivity contribution in [3.05, 3.63) is 70.9 Å². The number of anilines is 2. The second-order valence-electron chi connectivity index (χ2n) is 6.46. The van der Waals surface area contributed by atoms with Crippen LogP contribution in [0.3, 0.4) is 0 Å². The number of likely N-dealkylation sites (N-methyl/N-ethyl adjacent to an activating group) is 1. The molecule has 0 unspecified atom stereocenters. The van der Waals surface area contributed by atoms with Crippen molar-refractivity contribution in [3.63, 3.8) is 0 Å².